The topological polar surface area (TPSA) is 50.4 Å². The van der Waals surface area contributed by atoms with Gasteiger partial charge in [-0.05, 0) is 25.5 Å². The molecule has 0 bridgehead atoms. The molecule has 1 atom stereocenters. The van der Waals surface area contributed by atoms with Gasteiger partial charge in [-0.25, -0.2) is 0 Å². The van der Waals surface area contributed by atoms with Crippen molar-refractivity contribution >= 4 is 11.6 Å². The van der Waals surface area contributed by atoms with Crippen LogP contribution in [0.5, 0.6) is 5.75 Å². The van der Waals surface area contributed by atoms with Crippen LogP contribution in [-0.4, -0.2) is 25.1 Å². The van der Waals surface area contributed by atoms with Crippen molar-refractivity contribution < 1.29 is 18.3 Å². The van der Waals surface area contributed by atoms with Gasteiger partial charge in [-0.2, -0.15) is 8.78 Å². The summed E-state index contributed by atoms with van der Waals surface area (Å²) in [6.07, 6.45) is 1.89. The Balaban J connectivity index is 2.50. The molecule has 0 saturated carbocycles. The fraction of sp³-hybridized carbons (Fsp3) is 0.500. The van der Waals surface area contributed by atoms with Gasteiger partial charge in [0, 0.05) is 6.04 Å². The van der Waals surface area contributed by atoms with Crippen molar-refractivity contribution in [1.29, 1.82) is 0 Å². The van der Waals surface area contributed by atoms with Gasteiger partial charge < -0.3 is 15.4 Å². The van der Waals surface area contributed by atoms with Crippen LogP contribution in [0.3, 0.4) is 0 Å². The number of hydrogen-bond acceptors (Lipinski definition) is 3. The quantitative estimate of drug-likeness (QED) is 0.772. The van der Waals surface area contributed by atoms with Crippen LogP contribution >= 0.6 is 0 Å². The first-order valence-electron chi connectivity index (χ1n) is 6.60. The highest BCUT2D eigenvalue weighted by molar-refractivity contribution is 5.81. The minimum atomic E-state index is -2.89. The van der Waals surface area contributed by atoms with Crippen molar-refractivity contribution in [2.24, 2.45) is 0 Å². The average molecular weight is 286 g/mol. The Labute approximate surface area is 117 Å². The van der Waals surface area contributed by atoms with E-state index in [0.717, 1.165) is 12.8 Å². The van der Waals surface area contributed by atoms with E-state index in [1.165, 1.54) is 6.07 Å². The smallest absolute Gasteiger partial charge is 0.387 e. The third-order valence-electron chi connectivity index (χ3n) is 2.67. The number of para-hydroxylation sites is 2. The Bertz CT molecular complexity index is 427. The Morgan fingerprint density at radius 3 is 2.70 bits per heavy atom. The maximum absolute atomic E-state index is 12.2. The standard InChI is InChI=1S/C14H20F2N2O2/c1-3-6-10(2)18-13(19)9-17-11-7-4-5-8-12(11)20-14(15)16/h4-5,7-8,10,14,17H,3,6,9H2,1-2H3,(H,18,19). The Hall–Kier alpha value is -1.85. The van der Waals surface area contributed by atoms with Crippen LogP contribution in [0, 0.1) is 0 Å². The minimum Gasteiger partial charge on any atom is -0.433 e. The first kappa shape index (κ1) is 16.2. The molecule has 1 aromatic carbocycles. The van der Waals surface area contributed by atoms with Gasteiger partial charge in [-0.1, -0.05) is 25.5 Å². The third-order valence-corrected chi connectivity index (χ3v) is 2.67. The van der Waals surface area contributed by atoms with E-state index in [-0.39, 0.29) is 24.2 Å². The molecule has 0 fully saturated rings. The zero-order valence-corrected chi connectivity index (χ0v) is 11.7. The molecule has 20 heavy (non-hydrogen) atoms. The van der Waals surface area contributed by atoms with Gasteiger partial charge in [0.15, 0.2) is 0 Å². The normalized spacial score (nSPS) is 12.1. The highest BCUT2D eigenvalue weighted by Gasteiger charge is 2.11. The summed E-state index contributed by atoms with van der Waals surface area (Å²) in [5, 5.41) is 5.62. The van der Waals surface area contributed by atoms with E-state index in [4.69, 9.17) is 0 Å². The number of hydrogen-bond donors (Lipinski definition) is 2. The van der Waals surface area contributed by atoms with Gasteiger partial charge in [0.2, 0.25) is 5.91 Å². The molecule has 0 aliphatic rings. The van der Waals surface area contributed by atoms with Gasteiger partial charge in [0.25, 0.3) is 0 Å². The maximum atomic E-state index is 12.2. The molecule has 0 aliphatic carbocycles. The second-order valence-electron chi connectivity index (χ2n) is 4.49. The van der Waals surface area contributed by atoms with Gasteiger partial charge in [-0.3, -0.25) is 4.79 Å². The lowest BCUT2D eigenvalue weighted by atomic mass is 10.2. The predicted octanol–water partition coefficient (Wildman–Crippen LogP) is 3.00. The van der Waals surface area contributed by atoms with Crippen molar-refractivity contribution in [1.82, 2.24) is 5.32 Å². The number of carbonyl (C=O) groups is 1. The number of ether oxygens (including phenoxy) is 1. The molecular formula is C14H20F2N2O2. The molecule has 1 aromatic rings. The Morgan fingerprint density at radius 1 is 1.35 bits per heavy atom. The number of halogens is 2. The van der Waals surface area contributed by atoms with Gasteiger partial charge >= 0.3 is 6.61 Å². The molecule has 112 valence electrons. The first-order chi connectivity index (χ1) is 9.52. The number of rotatable bonds is 8. The molecule has 0 heterocycles. The molecule has 4 nitrogen and oxygen atoms in total. The van der Waals surface area contributed by atoms with Gasteiger partial charge in [-0.15, -0.1) is 0 Å². The van der Waals surface area contributed by atoms with Crippen molar-refractivity contribution in [3.63, 3.8) is 0 Å². The molecule has 1 unspecified atom stereocenters. The fourth-order valence-electron chi connectivity index (χ4n) is 1.82. The molecular weight excluding hydrogens is 266 g/mol. The predicted molar refractivity (Wildman–Crippen MR) is 74.1 cm³/mol. The third kappa shape index (κ3) is 5.86. The van der Waals surface area contributed by atoms with Crippen molar-refractivity contribution in [3.8, 4) is 5.75 Å². The molecule has 0 radical (unpaired) electrons. The summed E-state index contributed by atoms with van der Waals surface area (Å²) in [7, 11) is 0. The summed E-state index contributed by atoms with van der Waals surface area (Å²) < 4.78 is 28.8. The lowest BCUT2D eigenvalue weighted by Gasteiger charge is -2.15. The van der Waals surface area contributed by atoms with E-state index in [0.29, 0.717) is 5.69 Å². The van der Waals surface area contributed by atoms with Crippen molar-refractivity contribution in [2.75, 3.05) is 11.9 Å². The van der Waals surface area contributed by atoms with Crippen LogP contribution in [-0.2, 0) is 4.79 Å². The van der Waals surface area contributed by atoms with Crippen LogP contribution in [0.2, 0.25) is 0 Å². The molecule has 1 amide bonds. The molecule has 0 spiro atoms. The van der Waals surface area contributed by atoms with Crippen LogP contribution in [0.25, 0.3) is 0 Å². The van der Waals surface area contributed by atoms with Crippen LogP contribution in [0.1, 0.15) is 26.7 Å². The van der Waals surface area contributed by atoms with E-state index < -0.39 is 6.61 Å². The van der Waals surface area contributed by atoms with E-state index in [2.05, 4.69) is 15.4 Å². The summed E-state index contributed by atoms with van der Waals surface area (Å²) in [5.41, 5.74) is 0.367. The van der Waals surface area contributed by atoms with E-state index in [1.807, 2.05) is 13.8 Å². The number of carbonyl (C=O) groups excluding carboxylic acids is 1. The monoisotopic (exact) mass is 286 g/mol. The highest BCUT2D eigenvalue weighted by Crippen LogP contribution is 2.25. The highest BCUT2D eigenvalue weighted by atomic mass is 19.3. The van der Waals surface area contributed by atoms with Crippen LogP contribution in [0.4, 0.5) is 14.5 Å². The van der Waals surface area contributed by atoms with E-state index in [9.17, 15) is 13.6 Å². The fourth-order valence-corrected chi connectivity index (χ4v) is 1.82. The first-order valence-corrected chi connectivity index (χ1v) is 6.60. The van der Waals surface area contributed by atoms with Crippen LogP contribution in [0.15, 0.2) is 24.3 Å². The largest absolute Gasteiger partial charge is 0.433 e. The molecule has 0 saturated heterocycles. The summed E-state index contributed by atoms with van der Waals surface area (Å²) in [6, 6.07) is 6.37. The molecule has 6 heteroatoms. The SMILES string of the molecule is CCCC(C)NC(=O)CNc1ccccc1OC(F)F. The summed E-state index contributed by atoms with van der Waals surface area (Å²) >= 11 is 0. The zero-order chi connectivity index (χ0) is 15.0. The number of nitrogens with one attached hydrogen (secondary N) is 2. The second-order valence-corrected chi connectivity index (χ2v) is 4.49. The Morgan fingerprint density at radius 2 is 2.05 bits per heavy atom. The lowest BCUT2D eigenvalue weighted by Crippen LogP contribution is -2.36. The van der Waals surface area contributed by atoms with Crippen molar-refractivity contribution in [2.45, 2.75) is 39.3 Å². The summed E-state index contributed by atoms with van der Waals surface area (Å²) in [6.45, 7) is 1.09. The van der Waals surface area contributed by atoms with Gasteiger partial charge in [0.1, 0.15) is 5.75 Å². The minimum absolute atomic E-state index is 0.0116. The maximum Gasteiger partial charge on any atom is 0.387 e. The zero-order valence-electron chi connectivity index (χ0n) is 11.7. The van der Waals surface area contributed by atoms with E-state index >= 15 is 0 Å². The number of amides is 1. The Kier molecular flexibility index (Phi) is 6.76. The molecule has 2 N–H and O–H groups in total. The van der Waals surface area contributed by atoms with Gasteiger partial charge in [0.05, 0.1) is 12.2 Å². The van der Waals surface area contributed by atoms with Crippen LogP contribution < -0.4 is 15.4 Å². The number of anilines is 1. The lowest BCUT2D eigenvalue weighted by molar-refractivity contribution is -0.120. The molecule has 1 rings (SSSR count). The van der Waals surface area contributed by atoms with E-state index in [1.54, 1.807) is 18.2 Å². The summed E-state index contributed by atoms with van der Waals surface area (Å²) in [5.74, 6) is -0.158. The summed E-state index contributed by atoms with van der Waals surface area (Å²) in [4.78, 5) is 11.7. The second kappa shape index (κ2) is 8.35. The molecule has 0 aromatic heterocycles. The number of benzene rings is 1. The molecule has 0 aliphatic heterocycles. The van der Waals surface area contributed by atoms with Crippen molar-refractivity contribution in [3.05, 3.63) is 24.3 Å². The average Bonchev–Trinajstić information content (AvgIpc) is 2.37. The number of alkyl halides is 2.